The minimum Gasteiger partial charge on any atom is -0.348 e. The average Bonchev–Trinajstić information content (AvgIpc) is 2.84. The Morgan fingerprint density at radius 2 is 2.14 bits per heavy atom. The van der Waals surface area contributed by atoms with E-state index in [9.17, 15) is 9.59 Å². The zero-order valence-corrected chi connectivity index (χ0v) is 12.1. The van der Waals surface area contributed by atoms with Gasteiger partial charge in [0.25, 0.3) is 11.8 Å². The molecule has 0 saturated heterocycles. The fourth-order valence-corrected chi connectivity index (χ4v) is 1.94. The highest BCUT2D eigenvalue weighted by atomic mass is 16.2. The Kier molecular flexibility index (Phi) is 4.37. The van der Waals surface area contributed by atoms with Gasteiger partial charge in [0.05, 0.1) is 5.52 Å². The zero-order chi connectivity index (χ0) is 15.4. The number of nitrogens with zero attached hydrogens (tertiary/aromatic N) is 2. The van der Waals surface area contributed by atoms with Gasteiger partial charge >= 0.3 is 0 Å². The molecule has 2 N–H and O–H groups in total. The minimum absolute atomic E-state index is 0.00370. The number of carbonyl (C=O) groups is 2. The summed E-state index contributed by atoms with van der Waals surface area (Å²) in [4.78, 5) is 28.5. The summed E-state index contributed by atoms with van der Waals surface area (Å²) in [6.07, 6.45) is 3.29. The van der Waals surface area contributed by atoms with Crippen LogP contribution in [0.15, 0.2) is 37.1 Å². The van der Waals surface area contributed by atoms with Crippen molar-refractivity contribution < 1.29 is 9.59 Å². The molecule has 2 aromatic rings. The third-order valence-electron chi connectivity index (χ3n) is 2.79. The van der Waals surface area contributed by atoms with Crippen molar-refractivity contribution in [2.45, 2.75) is 19.9 Å². The Balaban J connectivity index is 2.46. The lowest BCUT2D eigenvalue weighted by atomic mass is 10.3. The van der Waals surface area contributed by atoms with E-state index in [-0.39, 0.29) is 29.4 Å². The van der Waals surface area contributed by atoms with Crippen LogP contribution in [0, 0.1) is 0 Å². The summed E-state index contributed by atoms with van der Waals surface area (Å²) in [5.41, 5.74) is 0.840. The molecule has 0 atom stereocenters. The predicted octanol–water partition coefficient (Wildman–Crippen LogP) is 1.39. The summed E-state index contributed by atoms with van der Waals surface area (Å²) in [6, 6.07) is 5.33. The molecule has 6 heteroatoms. The SMILES string of the molecule is C=CCNC(=O)c1nc(C(=O)NC(C)C)c2ccccn12. The topological polar surface area (TPSA) is 75.5 Å². The van der Waals surface area contributed by atoms with E-state index in [0.717, 1.165) is 0 Å². The molecule has 0 spiro atoms. The number of carbonyl (C=O) groups excluding carboxylic acids is 2. The largest absolute Gasteiger partial charge is 0.348 e. The Hall–Kier alpha value is -2.63. The highest BCUT2D eigenvalue weighted by Crippen LogP contribution is 2.13. The quantitative estimate of drug-likeness (QED) is 0.816. The second-order valence-electron chi connectivity index (χ2n) is 4.87. The van der Waals surface area contributed by atoms with Crippen LogP contribution in [0.4, 0.5) is 0 Å². The predicted molar refractivity (Wildman–Crippen MR) is 80.3 cm³/mol. The lowest BCUT2D eigenvalue weighted by Gasteiger charge is -2.06. The molecule has 0 saturated carbocycles. The third kappa shape index (κ3) is 3.10. The van der Waals surface area contributed by atoms with E-state index in [4.69, 9.17) is 0 Å². The first-order valence-corrected chi connectivity index (χ1v) is 6.71. The third-order valence-corrected chi connectivity index (χ3v) is 2.79. The molecule has 0 aliphatic heterocycles. The van der Waals surface area contributed by atoms with E-state index in [1.165, 1.54) is 0 Å². The number of nitrogens with one attached hydrogen (secondary N) is 2. The molecular weight excluding hydrogens is 268 g/mol. The Bertz CT molecular complexity index is 688. The van der Waals surface area contributed by atoms with E-state index < -0.39 is 0 Å². The molecule has 0 aromatic carbocycles. The van der Waals surface area contributed by atoms with Crippen molar-refractivity contribution in [1.82, 2.24) is 20.0 Å². The molecule has 6 nitrogen and oxygen atoms in total. The van der Waals surface area contributed by atoms with Crippen LogP contribution in [0.1, 0.15) is 35.0 Å². The lowest BCUT2D eigenvalue weighted by Crippen LogP contribution is -2.30. The molecule has 0 radical (unpaired) electrons. The van der Waals surface area contributed by atoms with Crippen LogP contribution < -0.4 is 10.6 Å². The van der Waals surface area contributed by atoms with E-state index in [1.807, 2.05) is 13.8 Å². The second kappa shape index (κ2) is 6.21. The monoisotopic (exact) mass is 286 g/mol. The molecule has 2 amide bonds. The molecule has 0 unspecified atom stereocenters. The number of hydrogen-bond donors (Lipinski definition) is 2. The summed E-state index contributed by atoms with van der Waals surface area (Å²) in [7, 11) is 0. The van der Waals surface area contributed by atoms with Crippen molar-refractivity contribution in [3.05, 3.63) is 48.6 Å². The number of rotatable bonds is 5. The maximum atomic E-state index is 12.2. The Labute approximate surface area is 122 Å². The molecular formula is C15H18N4O2. The van der Waals surface area contributed by atoms with Crippen LogP contribution in [-0.4, -0.2) is 33.8 Å². The number of pyridine rings is 1. The summed E-state index contributed by atoms with van der Waals surface area (Å²) in [5, 5.41) is 5.45. The van der Waals surface area contributed by atoms with E-state index >= 15 is 0 Å². The van der Waals surface area contributed by atoms with Gasteiger partial charge in [-0.3, -0.25) is 14.0 Å². The smallest absolute Gasteiger partial charge is 0.287 e. The minimum atomic E-state index is -0.348. The summed E-state index contributed by atoms with van der Waals surface area (Å²) in [5.74, 6) is -0.461. The first kappa shape index (κ1) is 14.8. The van der Waals surface area contributed by atoms with E-state index in [2.05, 4.69) is 22.2 Å². The second-order valence-corrected chi connectivity index (χ2v) is 4.87. The first-order valence-electron chi connectivity index (χ1n) is 6.71. The van der Waals surface area contributed by atoms with Gasteiger partial charge in [-0.25, -0.2) is 4.98 Å². The normalized spacial score (nSPS) is 10.6. The van der Waals surface area contributed by atoms with Crippen molar-refractivity contribution in [2.24, 2.45) is 0 Å². The van der Waals surface area contributed by atoms with Gasteiger partial charge in [0, 0.05) is 18.8 Å². The number of fused-ring (bicyclic) bond motifs is 1. The molecule has 110 valence electrons. The fourth-order valence-electron chi connectivity index (χ4n) is 1.94. The summed E-state index contributed by atoms with van der Waals surface area (Å²) >= 11 is 0. The number of aromatic nitrogens is 2. The van der Waals surface area contributed by atoms with Crippen molar-refractivity contribution >= 4 is 17.3 Å². The van der Waals surface area contributed by atoms with E-state index in [1.54, 1.807) is 34.9 Å². The lowest BCUT2D eigenvalue weighted by molar-refractivity contribution is 0.0940. The number of hydrogen-bond acceptors (Lipinski definition) is 3. The van der Waals surface area contributed by atoms with Crippen LogP contribution >= 0.6 is 0 Å². The highest BCUT2D eigenvalue weighted by molar-refractivity contribution is 6.02. The molecule has 0 bridgehead atoms. The fraction of sp³-hybridized carbons (Fsp3) is 0.267. The summed E-state index contributed by atoms with van der Waals surface area (Å²) < 4.78 is 1.60. The molecule has 2 rings (SSSR count). The number of imidazole rings is 1. The van der Waals surface area contributed by atoms with E-state index in [0.29, 0.717) is 12.1 Å². The van der Waals surface area contributed by atoms with Gasteiger partial charge in [0.15, 0.2) is 5.69 Å². The van der Waals surface area contributed by atoms with Crippen LogP contribution in [0.3, 0.4) is 0 Å². The molecule has 21 heavy (non-hydrogen) atoms. The zero-order valence-electron chi connectivity index (χ0n) is 12.1. The van der Waals surface area contributed by atoms with Crippen LogP contribution in [0.5, 0.6) is 0 Å². The van der Waals surface area contributed by atoms with Crippen LogP contribution in [0.2, 0.25) is 0 Å². The highest BCUT2D eigenvalue weighted by Gasteiger charge is 2.21. The van der Waals surface area contributed by atoms with Gasteiger partial charge in [0.2, 0.25) is 5.82 Å². The van der Waals surface area contributed by atoms with Crippen molar-refractivity contribution in [2.75, 3.05) is 6.54 Å². The first-order chi connectivity index (χ1) is 10.0. The molecule has 0 fully saturated rings. The van der Waals surface area contributed by atoms with Crippen LogP contribution in [0.25, 0.3) is 5.52 Å². The standard InChI is InChI=1S/C15H18N4O2/c1-4-8-16-15(21)13-18-12(14(20)17-10(2)3)11-7-5-6-9-19(11)13/h4-7,9-10H,1,8H2,2-3H3,(H,16,21)(H,17,20). The van der Waals surface area contributed by atoms with Crippen LogP contribution in [-0.2, 0) is 0 Å². The molecule has 2 heterocycles. The summed E-state index contributed by atoms with van der Waals surface area (Å²) in [6.45, 7) is 7.63. The Morgan fingerprint density at radius 3 is 2.81 bits per heavy atom. The molecule has 2 aromatic heterocycles. The Morgan fingerprint density at radius 1 is 1.38 bits per heavy atom. The maximum Gasteiger partial charge on any atom is 0.287 e. The maximum absolute atomic E-state index is 12.2. The number of amides is 2. The van der Waals surface area contributed by atoms with Gasteiger partial charge in [0.1, 0.15) is 0 Å². The van der Waals surface area contributed by atoms with Gasteiger partial charge in [-0.2, -0.15) is 0 Å². The molecule has 0 aliphatic rings. The van der Waals surface area contributed by atoms with Gasteiger partial charge in [-0.05, 0) is 26.0 Å². The molecule has 0 aliphatic carbocycles. The van der Waals surface area contributed by atoms with Gasteiger partial charge in [-0.1, -0.05) is 12.1 Å². The average molecular weight is 286 g/mol. The van der Waals surface area contributed by atoms with Gasteiger partial charge in [-0.15, -0.1) is 6.58 Å². The van der Waals surface area contributed by atoms with Crippen molar-refractivity contribution in [3.8, 4) is 0 Å². The van der Waals surface area contributed by atoms with Gasteiger partial charge < -0.3 is 10.6 Å². The van der Waals surface area contributed by atoms with Crippen molar-refractivity contribution in [3.63, 3.8) is 0 Å². The van der Waals surface area contributed by atoms with Crippen molar-refractivity contribution in [1.29, 1.82) is 0 Å².